The number of hydrogen-bond donors (Lipinski definition) is 1. The molecule has 1 N–H and O–H groups in total. The van der Waals surface area contributed by atoms with E-state index in [1.165, 1.54) is 11.1 Å². The number of benzene rings is 1. The monoisotopic (exact) mass is 247 g/mol. The molecule has 17 heavy (non-hydrogen) atoms. The van der Waals surface area contributed by atoms with Gasteiger partial charge in [-0.2, -0.15) is 0 Å². The van der Waals surface area contributed by atoms with E-state index in [1.807, 2.05) is 13.0 Å². The summed E-state index contributed by atoms with van der Waals surface area (Å²) in [6, 6.07) is 8.33. The lowest BCUT2D eigenvalue weighted by atomic mass is 9.95. The summed E-state index contributed by atoms with van der Waals surface area (Å²) in [7, 11) is 0. The number of aromatic nitrogens is 1. The van der Waals surface area contributed by atoms with E-state index >= 15 is 0 Å². The van der Waals surface area contributed by atoms with Crippen molar-refractivity contribution in [3.05, 3.63) is 51.5 Å². The Kier molecular flexibility index (Phi) is 3.92. The quantitative estimate of drug-likeness (QED) is 0.900. The van der Waals surface area contributed by atoms with E-state index in [4.69, 9.17) is 0 Å². The van der Waals surface area contributed by atoms with Crippen LogP contribution >= 0.6 is 11.3 Å². The Morgan fingerprint density at radius 2 is 2.18 bits per heavy atom. The number of nitrogens with zero attached hydrogens (tertiary/aromatic N) is 1. The van der Waals surface area contributed by atoms with Crippen LogP contribution in [0.2, 0.25) is 0 Å². The second kappa shape index (κ2) is 5.43. The molecule has 2 nitrogen and oxygen atoms in total. The summed E-state index contributed by atoms with van der Waals surface area (Å²) in [6.45, 7) is 4.24. The Balaban J connectivity index is 2.16. The van der Waals surface area contributed by atoms with Crippen molar-refractivity contribution >= 4 is 11.3 Å². The van der Waals surface area contributed by atoms with Gasteiger partial charge in [0, 0.05) is 23.4 Å². The molecule has 1 aromatic carbocycles. The molecule has 0 amide bonds. The van der Waals surface area contributed by atoms with Gasteiger partial charge in [-0.25, -0.2) is 4.98 Å². The fraction of sp³-hybridized carbons (Fsp3) is 0.357. The molecule has 90 valence electrons. The van der Waals surface area contributed by atoms with Gasteiger partial charge in [-0.05, 0) is 19.4 Å². The van der Waals surface area contributed by atoms with Crippen LogP contribution in [0.5, 0.6) is 0 Å². The molecule has 1 atom stereocenters. The standard InChI is InChI=1S/C14H17NOS/c1-10-4-3-5-12(6-10)13(8-16)7-14-15-11(2)9-17-14/h3-6,9,13,16H,7-8H2,1-2H3. The van der Waals surface area contributed by atoms with E-state index < -0.39 is 0 Å². The predicted molar refractivity (Wildman–Crippen MR) is 71.6 cm³/mol. The highest BCUT2D eigenvalue weighted by Crippen LogP contribution is 2.23. The SMILES string of the molecule is Cc1cccc(C(CO)Cc2nc(C)cs2)c1. The van der Waals surface area contributed by atoms with E-state index in [0.29, 0.717) is 0 Å². The van der Waals surface area contributed by atoms with E-state index in [2.05, 4.69) is 35.5 Å². The van der Waals surface area contributed by atoms with Crippen LogP contribution in [0, 0.1) is 13.8 Å². The molecule has 0 aliphatic rings. The molecule has 0 aliphatic carbocycles. The van der Waals surface area contributed by atoms with Crippen molar-refractivity contribution < 1.29 is 5.11 Å². The lowest BCUT2D eigenvalue weighted by Crippen LogP contribution is -2.07. The first-order valence-electron chi connectivity index (χ1n) is 5.77. The molecule has 0 saturated heterocycles. The zero-order valence-corrected chi connectivity index (χ0v) is 11.0. The lowest BCUT2D eigenvalue weighted by molar-refractivity contribution is 0.264. The van der Waals surface area contributed by atoms with Crippen LogP contribution in [0.25, 0.3) is 0 Å². The number of aryl methyl sites for hydroxylation is 2. The summed E-state index contributed by atoms with van der Waals surface area (Å²) >= 11 is 1.67. The average molecular weight is 247 g/mol. The number of aliphatic hydroxyl groups is 1. The molecule has 1 aromatic heterocycles. The molecule has 3 heteroatoms. The van der Waals surface area contributed by atoms with Crippen LogP contribution in [0.15, 0.2) is 29.6 Å². The first kappa shape index (κ1) is 12.3. The number of hydrogen-bond acceptors (Lipinski definition) is 3. The Hall–Kier alpha value is -1.19. The minimum atomic E-state index is 0.153. The van der Waals surface area contributed by atoms with Gasteiger partial charge in [0.2, 0.25) is 0 Å². The number of aliphatic hydroxyl groups excluding tert-OH is 1. The highest BCUT2D eigenvalue weighted by Gasteiger charge is 2.13. The summed E-state index contributed by atoms with van der Waals surface area (Å²) < 4.78 is 0. The molecule has 0 fully saturated rings. The molecule has 1 heterocycles. The molecular formula is C14H17NOS. The first-order valence-corrected chi connectivity index (χ1v) is 6.65. The summed E-state index contributed by atoms with van der Waals surface area (Å²) in [5.74, 6) is 0.153. The van der Waals surface area contributed by atoms with Crippen LogP contribution in [-0.4, -0.2) is 16.7 Å². The molecule has 2 aromatic rings. The van der Waals surface area contributed by atoms with Gasteiger partial charge in [-0.1, -0.05) is 29.8 Å². The normalized spacial score (nSPS) is 12.6. The maximum Gasteiger partial charge on any atom is 0.0935 e. The third-order valence-electron chi connectivity index (χ3n) is 2.82. The van der Waals surface area contributed by atoms with Gasteiger partial charge >= 0.3 is 0 Å². The third-order valence-corrected chi connectivity index (χ3v) is 3.81. The van der Waals surface area contributed by atoms with E-state index in [-0.39, 0.29) is 12.5 Å². The van der Waals surface area contributed by atoms with Crippen LogP contribution in [-0.2, 0) is 6.42 Å². The van der Waals surface area contributed by atoms with Crippen molar-refractivity contribution in [1.29, 1.82) is 0 Å². The van der Waals surface area contributed by atoms with Crippen LogP contribution < -0.4 is 0 Å². The molecule has 0 radical (unpaired) electrons. The van der Waals surface area contributed by atoms with Crippen molar-refractivity contribution in [2.45, 2.75) is 26.2 Å². The van der Waals surface area contributed by atoms with Gasteiger partial charge in [-0.15, -0.1) is 11.3 Å². The molecule has 0 saturated carbocycles. The second-order valence-corrected chi connectivity index (χ2v) is 5.32. The van der Waals surface area contributed by atoms with E-state index in [1.54, 1.807) is 11.3 Å². The van der Waals surface area contributed by atoms with Crippen LogP contribution in [0.1, 0.15) is 27.7 Å². The zero-order valence-electron chi connectivity index (χ0n) is 10.2. The minimum absolute atomic E-state index is 0.153. The van der Waals surface area contributed by atoms with Gasteiger partial charge in [0.25, 0.3) is 0 Å². The fourth-order valence-corrected chi connectivity index (χ4v) is 2.77. The van der Waals surface area contributed by atoms with E-state index in [0.717, 1.165) is 17.1 Å². The van der Waals surface area contributed by atoms with Crippen molar-refractivity contribution in [3.63, 3.8) is 0 Å². The molecule has 0 aliphatic heterocycles. The first-order chi connectivity index (χ1) is 8.19. The Labute approximate surface area is 106 Å². The highest BCUT2D eigenvalue weighted by molar-refractivity contribution is 7.09. The Morgan fingerprint density at radius 3 is 2.76 bits per heavy atom. The minimum Gasteiger partial charge on any atom is -0.396 e. The molecule has 1 unspecified atom stereocenters. The predicted octanol–water partition coefficient (Wildman–Crippen LogP) is 3.08. The zero-order chi connectivity index (χ0) is 12.3. The summed E-state index contributed by atoms with van der Waals surface area (Å²) in [6.07, 6.45) is 0.818. The van der Waals surface area contributed by atoms with Crippen LogP contribution in [0.3, 0.4) is 0 Å². The van der Waals surface area contributed by atoms with Gasteiger partial charge in [0.1, 0.15) is 0 Å². The fourth-order valence-electron chi connectivity index (χ4n) is 1.92. The third kappa shape index (κ3) is 3.14. The maximum atomic E-state index is 9.52. The average Bonchev–Trinajstić information content (AvgIpc) is 2.72. The van der Waals surface area contributed by atoms with Crippen molar-refractivity contribution in [3.8, 4) is 0 Å². The summed E-state index contributed by atoms with van der Waals surface area (Å²) in [5, 5.41) is 12.7. The molecule has 0 bridgehead atoms. The van der Waals surface area contributed by atoms with Crippen molar-refractivity contribution in [2.24, 2.45) is 0 Å². The smallest absolute Gasteiger partial charge is 0.0935 e. The maximum absolute atomic E-state index is 9.52. The molecular weight excluding hydrogens is 230 g/mol. The Morgan fingerprint density at radius 1 is 1.35 bits per heavy atom. The van der Waals surface area contributed by atoms with Gasteiger partial charge < -0.3 is 5.11 Å². The van der Waals surface area contributed by atoms with Crippen LogP contribution in [0.4, 0.5) is 0 Å². The van der Waals surface area contributed by atoms with Crippen molar-refractivity contribution in [2.75, 3.05) is 6.61 Å². The van der Waals surface area contributed by atoms with Gasteiger partial charge in [-0.3, -0.25) is 0 Å². The number of rotatable bonds is 4. The number of thiazole rings is 1. The highest BCUT2D eigenvalue weighted by atomic mass is 32.1. The Bertz CT molecular complexity index is 492. The topological polar surface area (TPSA) is 33.1 Å². The summed E-state index contributed by atoms with van der Waals surface area (Å²) in [4.78, 5) is 4.45. The summed E-state index contributed by atoms with van der Waals surface area (Å²) in [5.41, 5.74) is 3.49. The van der Waals surface area contributed by atoms with Crippen molar-refractivity contribution in [1.82, 2.24) is 4.98 Å². The second-order valence-electron chi connectivity index (χ2n) is 4.38. The lowest BCUT2D eigenvalue weighted by Gasteiger charge is -2.13. The molecule has 0 spiro atoms. The largest absolute Gasteiger partial charge is 0.396 e. The van der Waals surface area contributed by atoms with E-state index in [9.17, 15) is 5.11 Å². The van der Waals surface area contributed by atoms with Gasteiger partial charge in [0.05, 0.1) is 11.6 Å². The van der Waals surface area contributed by atoms with Gasteiger partial charge in [0.15, 0.2) is 0 Å². The molecule has 2 rings (SSSR count).